The molecule has 2 saturated heterocycles. The molecular weight excluding hydrogens is 580 g/mol. The second-order valence-corrected chi connectivity index (χ2v) is 11.3. The standard InChI is InChI=1S/C31H42O13/c1-6-15-40-24-23(33)29(14-13-18(3)22(42-20(5)32)19(4)17-21-11-9-8-10-12-21)43-25(26(34)35)30(27(36)37,41-16-7-2)31(24,44-29)28(38)39/h8-12,19,22-25,33H,3,6-7,13-17H2,1-2,4-5H3,(H,34,35)(H,36,37)(H,38,39)/t19-,22-,23-,24-,25?,29?,30?,31?/m1/s1. The SMILES string of the molecule is C=C(CCC12OC(C(=O)O)C(OCCC)(C(=O)O)C(C(=O)O)(O1)[C@H](OCCC)[C@H]2O)[C@@H](OC(C)=O)[C@H](C)Cc1ccccc1. The van der Waals surface area contributed by atoms with E-state index in [9.17, 15) is 39.6 Å². The summed E-state index contributed by atoms with van der Waals surface area (Å²) in [6.45, 7) is 10.0. The lowest BCUT2D eigenvalue weighted by Crippen LogP contribution is -2.79. The van der Waals surface area contributed by atoms with Gasteiger partial charge in [0.25, 0.3) is 0 Å². The van der Waals surface area contributed by atoms with Crippen molar-refractivity contribution in [3.63, 3.8) is 0 Å². The number of carboxylic acids is 3. The maximum Gasteiger partial charge on any atom is 0.343 e. The monoisotopic (exact) mass is 622 g/mol. The topological polar surface area (TPSA) is 195 Å². The van der Waals surface area contributed by atoms with Crippen LogP contribution < -0.4 is 0 Å². The number of ether oxygens (including phenoxy) is 5. The summed E-state index contributed by atoms with van der Waals surface area (Å²) < 4.78 is 28.7. The van der Waals surface area contributed by atoms with Crippen LogP contribution in [0.3, 0.4) is 0 Å². The van der Waals surface area contributed by atoms with E-state index in [1.54, 1.807) is 13.8 Å². The van der Waals surface area contributed by atoms with E-state index in [1.807, 2.05) is 37.3 Å². The molecule has 0 spiro atoms. The van der Waals surface area contributed by atoms with Gasteiger partial charge in [0.05, 0.1) is 0 Å². The molecule has 3 rings (SSSR count). The van der Waals surface area contributed by atoms with E-state index in [-0.39, 0.29) is 38.4 Å². The van der Waals surface area contributed by atoms with E-state index >= 15 is 0 Å². The van der Waals surface area contributed by atoms with Gasteiger partial charge in [-0.2, -0.15) is 0 Å². The Hall–Kier alpha value is -3.36. The minimum atomic E-state index is -3.14. The van der Waals surface area contributed by atoms with Gasteiger partial charge < -0.3 is 44.1 Å². The second kappa shape index (κ2) is 14.2. The minimum Gasteiger partial charge on any atom is -0.479 e. The van der Waals surface area contributed by atoms with Crippen LogP contribution in [0.1, 0.15) is 58.9 Å². The highest BCUT2D eigenvalue weighted by molar-refractivity contribution is 5.98. The van der Waals surface area contributed by atoms with Crippen molar-refractivity contribution in [2.75, 3.05) is 13.2 Å². The number of aliphatic hydroxyl groups excluding tert-OH is 1. The van der Waals surface area contributed by atoms with Crippen LogP contribution in [0.5, 0.6) is 0 Å². The van der Waals surface area contributed by atoms with Gasteiger partial charge in [0.2, 0.25) is 17.3 Å². The van der Waals surface area contributed by atoms with Crippen LogP contribution >= 0.6 is 0 Å². The number of fused-ring (bicyclic) bond motifs is 2. The van der Waals surface area contributed by atoms with E-state index in [4.69, 9.17) is 23.7 Å². The molecule has 2 fully saturated rings. The maximum atomic E-state index is 13.1. The molecular formula is C31H42O13. The van der Waals surface area contributed by atoms with Gasteiger partial charge in [0, 0.05) is 32.5 Å². The van der Waals surface area contributed by atoms with Crippen LogP contribution in [-0.4, -0.2) is 98.9 Å². The Bertz CT molecular complexity index is 1220. The average molecular weight is 623 g/mol. The Morgan fingerprint density at radius 1 is 1.02 bits per heavy atom. The molecule has 0 saturated carbocycles. The molecule has 0 amide bonds. The first kappa shape index (κ1) is 35.1. The summed E-state index contributed by atoms with van der Waals surface area (Å²) in [5.74, 6) is -8.90. The molecule has 1 aromatic carbocycles. The van der Waals surface area contributed by atoms with Gasteiger partial charge in [-0.1, -0.05) is 57.7 Å². The molecule has 2 aliphatic heterocycles. The fourth-order valence-electron chi connectivity index (χ4n) is 6.09. The van der Waals surface area contributed by atoms with Crippen molar-refractivity contribution >= 4 is 23.9 Å². The highest BCUT2D eigenvalue weighted by Gasteiger charge is 2.86. The Labute approximate surface area is 255 Å². The third kappa shape index (κ3) is 6.24. The molecule has 0 aliphatic carbocycles. The molecule has 13 nitrogen and oxygen atoms in total. The van der Waals surface area contributed by atoms with Crippen molar-refractivity contribution in [2.24, 2.45) is 5.92 Å². The number of aliphatic carboxylic acids is 3. The molecule has 244 valence electrons. The predicted octanol–water partition coefficient (Wildman–Crippen LogP) is 2.57. The van der Waals surface area contributed by atoms with Crippen LogP contribution in [0, 0.1) is 5.92 Å². The van der Waals surface area contributed by atoms with Crippen molar-refractivity contribution in [3.8, 4) is 0 Å². The fourth-order valence-corrected chi connectivity index (χ4v) is 6.09. The number of hydrogen-bond donors (Lipinski definition) is 4. The van der Waals surface area contributed by atoms with Gasteiger partial charge in [0.1, 0.15) is 18.3 Å². The van der Waals surface area contributed by atoms with Crippen molar-refractivity contribution < 1.29 is 63.3 Å². The second-order valence-electron chi connectivity index (χ2n) is 11.3. The van der Waals surface area contributed by atoms with Crippen molar-refractivity contribution in [1.82, 2.24) is 0 Å². The molecule has 13 heteroatoms. The third-order valence-electron chi connectivity index (χ3n) is 8.01. The largest absolute Gasteiger partial charge is 0.479 e. The van der Waals surface area contributed by atoms with Gasteiger partial charge >= 0.3 is 23.9 Å². The molecule has 4 unspecified atom stereocenters. The third-order valence-corrected chi connectivity index (χ3v) is 8.01. The molecule has 2 bridgehead atoms. The highest BCUT2D eigenvalue weighted by atomic mass is 16.8. The van der Waals surface area contributed by atoms with Gasteiger partial charge in [0.15, 0.2) is 5.79 Å². The first-order chi connectivity index (χ1) is 20.7. The number of carbonyl (C=O) groups is 4. The lowest BCUT2D eigenvalue weighted by Gasteiger charge is -2.51. The zero-order valence-corrected chi connectivity index (χ0v) is 25.4. The smallest absolute Gasteiger partial charge is 0.343 e. The van der Waals surface area contributed by atoms with E-state index < -0.39 is 65.3 Å². The molecule has 1 aromatic rings. The van der Waals surface area contributed by atoms with Crippen molar-refractivity contribution in [2.45, 2.75) is 101 Å². The fraction of sp³-hybridized carbons (Fsp3) is 0.613. The number of aliphatic hydroxyl groups is 1. The lowest BCUT2D eigenvalue weighted by atomic mass is 9.74. The predicted molar refractivity (Wildman–Crippen MR) is 153 cm³/mol. The summed E-state index contributed by atoms with van der Waals surface area (Å²) in [5.41, 5.74) is -4.82. The molecule has 0 radical (unpaired) electrons. The van der Waals surface area contributed by atoms with E-state index in [0.29, 0.717) is 18.4 Å². The average Bonchev–Trinajstić information content (AvgIpc) is 3.18. The van der Waals surface area contributed by atoms with Gasteiger partial charge in [-0.15, -0.1) is 0 Å². The quantitative estimate of drug-likeness (QED) is 0.146. The van der Waals surface area contributed by atoms with Crippen LogP contribution in [0.15, 0.2) is 42.5 Å². The number of benzene rings is 1. The Morgan fingerprint density at radius 3 is 2.18 bits per heavy atom. The summed E-state index contributed by atoms with van der Waals surface area (Å²) in [7, 11) is 0. The number of carboxylic acid groups (broad SMARTS) is 3. The summed E-state index contributed by atoms with van der Waals surface area (Å²) in [6.07, 6.45) is -6.49. The number of hydrogen-bond acceptors (Lipinski definition) is 10. The molecule has 8 atom stereocenters. The molecule has 44 heavy (non-hydrogen) atoms. The van der Waals surface area contributed by atoms with Crippen molar-refractivity contribution in [1.29, 1.82) is 0 Å². The van der Waals surface area contributed by atoms with E-state index in [0.717, 1.165) is 5.56 Å². The van der Waals surface area contributed by atoms with Gasteiger partial charge in [-0.3, -0.25) is 4.79 Å². The van der Waals surface area contributed by atoms with Crippen LogP contribution in [0.2, 0.25) is 0 Å². The van der Waals surface area contributed by atoms with Crippen molar-refractivity contribution in [3.05, 3.63) is 48.0 Å². The summed E-state index contributed by atoms with van der Waals surface area (Å²) in [4.78, 5) is 50.6. The Morgan fingerprint density at radius 2 is 1.66 bits per heavy atom. The molecule has 2 aliphatic rings. The molecule has 2 heterocycles. The van der Waals surface area contributed by atoms with Gasteiger partial charge in [-0.25, -0.2) is 14.4 Å². The molecule has 4 N–H and O–H groups in total. The first-order valence-electron chi connectivity index (χ1n) is 14.6. The van der Waals surface area contributed by atoms with Crippen LogP contribution in [0.4, 0.5) is 0 Å². The number of rotatable bonds is 17. The Balaban J connectivity index is 2.05. The highest BCUT2D eigenvalue weighted by Crippen LogP contribution is 2.57. The maximum absolute atomic E-state index is 13.1. The van der Waals surface area contributed by atoms with Gasteiger partial charge in [-0.05, 0) is 36.8 Å². The van der Waals surface area contributed by atoms with E-state index in [1.165, 1.54) is 6.92 Å². The number of carbonyl (C=O) groups excluding carboxylic acids is 1. The van der Waals surface area contributed by atoms with E-state index in [2.05, 4.69) is 6.58 Å². The number of esters is 1. The van der Waals surface area contributed by atoms with Crippen LogP contribution in [-0.2, 0) is 49.3 Å². The summed E-state index contributed by atoms with van der Waals surface area (Å²) in [6, 6.07) is 9.47. The summed E-state index contributed by atoms with van der Waals surface area (Å²) >= 11 is 0. The van der Waals surface area contributed by atoms with Crippen LogP contribution in [0.25, 0.3) is 0 Å². The first-order valence-corrected chi connectivity index (χ1v) is 14.6. The summed E-state index contributed by atoms with van der Waals surface area (Å²) in [5, 5.41) is 42.8. The zero-order chi connectivity index (χ0) is 32.9. The minimum absolute atomic E-state index is 0.0907. The lowest BCUT2D eigenvalue weighted by molar-refractivity contribution is -0.380. The Kier molecular flexibility index (Phi) is 11.3. The molecule has 0 aromatic heterocycles. The normalized spacial score (nSPS) is 30.7. The zero-order valence-electron chi connectivity index (χ0n) is 25.4.